The van der Waals surface area contributed by atoms with Gasteiger partial charge in [0, 0.05) is 0 Å². The molecule has 1 unspecified atom stereocenters. The molecule has 0 radical (unpaired) electrons. The minimum absolute atomic E-state index is 0.163. The van der Waals surface area contributed by atoms with Gasteiger partial charge in [0.05, 0.1) is 27.7 Å². The Balaban J connectivity index is 3.38. The number of hydrogen-bond acceptors (Lipinski definition) is 4. The van der Waals surface area contributed by atoms with Crippen LogP contribution in [0.3, 0.4) is 0 Å². The number of quaternary nitrogens is 1. The SMILES string of the molecule is CCCCCCCC/C=C\CCCCCCCOP(=O)([O-])OCC[N+](C)(C)C. The van der Waals surface area contributed by atoms with Crippen molar-refractivity contribution in [2.75, 3.05) is 40.9 Å². The molecular weight excluding hydrogens is 373 g/mol. The van der Waals surface area contributed by atoms with E-state index < -0.39 is 7.82 Å². The first-order valence-electron chi connectivity index (χ1n) is 11.3. The van der Waals surface area contributed by atoms with Crippen LogP contribution in [0.5, 0.6) is 0 Å². The summed E-state index contributed by atoms with van der Waals surface area (Å²) >= 11 is 0. The number of phosphoric acid groups is 1. The lowest BCUT2D eigenvalue weighted by Gasteiger charge is -2.27. The van der Waals surface area contributed by atoms with Gasteiger partial charge in [-0.1, -0.05) is 70.4 Å². The average Bonchev–Trinajstić information content (AvgIpc) is 2.60. The maximum Gasteiger partial charge on any atom is 0.268 e. The van der Waals surface area contributed by atoms with E-state index in [4.69, 9.17) is 9.05 Å². The molecule has 0 saturated carbocycles. The van der Waals surface area contributed by atoms with Gasteiger partial charge in [-0.05, 0) is 32.1 Å². The van der Waals surface area contributed by atoms with Crippen molar-refractivity contribution in [3.63, 3.8) is 0 Å². The number of allylic oxidation sites excluding steroid dienone is 2. The number of phosphoric ester groups is 1. The van der Waals surface area contributed by atoms with Crippen molar-refractivity contribution in [1.82, 2.24) is 0 Å². The lowest BCUT2D eigenvalue weighted by Crippen LogP contribution is -2.37. The molecular formula is C22H46NO4P. The Hall–Kier alpha value is -0.190. The fourth-order valence-electron chi connectivity index (χ4n) is 2.81. The van der Waals surface area contributed by atoms with Crippen molar-refractivity contribution < 1.29 is 23.0 Å². The molecule has 0 spiro atoms. The Morgan fingerprint density at radius 2 is 1.21 bits per heavy atom. The number of nitrogens with zero attached hydrogens (tertiary/aromatic N) is 1. The molecule has 28 heavy (non-hydrogen) atoms. The predicted octanol–water partition coefficient (Wildman–Crippen LogP) is 5.84. The lowest BCUT2D eigenvalue weighted by molar-refractivity contribution is -0.870. The molecule has 0 aromatic carbocycles. The molecule has 0 aliphatic rings. The molecule has 0 amide bonds. The number of rotatable bonds is 20. The van der Waals surface area contributed by atoms with Crippen LogP contribution in [-0.2, 0) is 13.6 Å². The Labute approximate surface area is 174 Å². The Bertz CT molecular complexity index is 421. The van der Waals surface area contributed by atoms with Gasteiger partial charge in [-0.3, -0.25) is 4.57 Å². The Morgan fingerprint density at radius 1 is 0.750 bits per heavy atom. The van der Waals surface area contributed by atoms with Crippen molar-refractivity contribution >= 4 is 7.82 Å². The largest absolute Gasteiger partial charge is 0.756 e. The van der Waals surface area contributed by atoms with Gasteiger partial charge in [-0.25, -0.2) is 0 Å². The molecule has 0 aromatic rings. The van der Waals surface area contributed by atoms with E-state index in [1.54, 1.807) is 0 Å². The van der Waals surface area contributed by atoms with Crippen LogP contribution < -0.4 is 4.89 Å². The third kappa shape index (κ3) is 22.1. The summed E-state index contributed by atoms with van der Waals surface area (Å²) < 4.78 is 22.1. The van der Waals surface area contributed by atoms with Gasteiger partial charge in [0.2, 0.25) is 0 Å². The predicted molar refractivity (Wildman–Crippen MR) is 117 cm³/mol. The second-order valence-electron chi connectivity index (χ2n) is 8.71. The highest BCUT2D eigenvalue weighted by atomic mass is 31.2. The summed E-state index contributed by atoms with van der Waals surface area (Å²) in [4.78, 5) is 11.6. The molecule has 0 aliphatic heterocycles. The van der Waals surface area contributed by atoms with Crippen LogP contribution in [0.4, 0.5) is 0 Å². The quantitative estimate of drug-likeness (QED) is 0.108. The maximum atomic E-state index is 11.6. The first-order chi connectivity index (χ1) is 13.3. The van der Waals surface area contributed by atoms with Crippen molar-refractivity contribution in [1.29, 1.82) is 0 Å². The van der Waals surface area contributed by atoms with Crippen LogP contribution in [0.15, 0.2) is 12.2 Å². The van der Waals surface area contributed by atoms with Crippen molar-refractivity contribution in [3.8, 4) is 0 Å². The topological polar surface area (TPSA) is 58.6 Å². The van der Waals surface area contributed by atoms with Crippen LogP contribution in [0, 0.1) is 0 Å². The van der Waals surface area contributed by atoms with Gasteiger partial charge >= 0.3 is 0 Å². The highest BCUT2D eigenvalue weighted by Crippen LogP contribution is 2.38. The first-order valence-corrected chi connectivity index (χ1v) is 12.8. The summed E-state index contributed by atoms with van der Waals surface area (Å²) in [5.41, 5.74) is 0. The molecule has 0 aromatic heterocycles. The minimum atomic E-state index is -4.14. The number of unbranched alkanes of at least 4 members (excludes halogenated alkanes) is 11. The zero-order chi connectivity index (χ0) is 21.1. The summed E-state index contributed by atoms with van der Waals surface area (Å²) in [6.07, 6.45) is 20.5. The molecule has 0 N–H and O–H groups in total. The highest BCUT2D eigenvalue weighted by molar-refractivity contribution is 7.45. The summed E-state index contributed by atoms with van der Waals surface area (Å²) in [5.74, 6) is 0. The summed E-state index contributed by atoms with van der Waals surface area (Å²) in [6, 6.07) is 0. The van der Waals surface area contributed by atoms with Crippen LogP contribution in [0.25, 0.3) is 0 Å². The molecule has 0 heterocycles. The zero-order valence-corrected chi connectivity index (χ0v) is 19.9. The second-order valence-corrected chi connectivity index (χ2v) is 10.1. The van der Waals surface area contributed by atoms with E-state index in [1.165, 1.54) is 57.8 Å². The summed E-state index contributed by atoms with van der Waals surface area (Å²) in [7, 11) is 1.84. The normalized spacial score (nSPS) is 14.6. The van der Waals surface area contributed by atoms with E-state index in [1.807, 2.05) is 21.1 Å². The van der Waals surface area contributed by atoms with Crippen LogP contribution >= 0.6 is 7.82 Å². The lowest BCUT2D eigenvalue weighted by atomic mass is 10.1. The minimum Gasteiger partial charge on any atom is -0.756 e. The van der Waals surface area contributed by atoms with Gasteiger partial charge in [-0.15, -0.1) is 0 Å². The monoisotopic (exact) mass is 419 g/mol. The molecule has 1 atom stereocenters. The molecule has 0 bridgehead atoms. The second kappa shape index (κ2) is 17.7. The molecule has 0 saturated heterocycles. The van der Waals surface area contributed by atoms with Gasteiger partial charge < -0.3 is 18.4 Å². The third-order valence-electron chi connectivity index (χ3n) is 4.67. The van der Waals surface area contributed by atoms with Gasteiger partial charge in [0.1, 0.15) is 13.2 Å². The summed E-state index contributed by atoms with van der Waals surface area (Å²) in [5, 5.41) is 0. The third-order valence-corrected chi connectivity index (χ3v) is 5.66. The standard InChI is InChI=1S/C22H46NO4P/c1-5-6-7-8-9-10-11-12-13-14-15-16-17-18-19-21-26-28(24,25)27-22-20-23(2,3)4/h12-13H,5-11,14-22H2,1-4H3/b13-12-. The van der Waals surface area contributed by atoms with E-state index >= 15 is 0 Å². The van der Waals surface area contributed by atoms with E-state index in [9.17, 15) is 9.46 Å². The fraction of sp³-hybridized carbons (Fsp3) is 0.909. The maximum absolute atomic E-state index is 11.6. The summed E-state index contributed by atoms with van der Waals surface area (Å²) in [6.45, 7) is 3.27. The van der Waals surface area contributed by atoms with Crippen LogP contribution in [0.2, 0.25) is 0 Å². The molecule has 6 heteroatoms. The number of hydrogen-bond donors (Lipinski definition) is 0. The molecule has 0 fully saturated rings. The van der Waals surface area contributed by atoms with Crippen LogP contribution in [-0.4, -0.2) is 45.4 Å². The van der Waals surface area contributed by atoms with E-state index in [0.717, 1.165) is 25.7 Å². The van der Waals surface area contributed by atoms with Gasteiger partial charge in [0.25, 0.3) is 7.82 Å². The smallest absolute Gasteiger partial charge is 0.268 e. The van der Waals surface area contributed by atoms with Gasteiger partial charge in [-0.2, -0.15) is 0 Å². The molecule has 5 nitrogen and oxygen atoms in total. The molecule has 0 aliphatic carbocycles. The van der Waals surface area contributed by atoms with Crippen LogP contribution in [0.1, 0.15) is 90.4 Å². The first kappa shape index (κ1) is 27.8. The Kier molecular flexibility index (Phi) is 17.5. The van der Waals surface area contributed by atoms with Crippen molar-refractivity contribution in [2.24, 2.45) is 0 Å². The van der Waals surface area contributed by atoms with Crippen molar-refractivity contribution in [3.05, 3.63) is 12.2 Å². The van der Waals surface area contributed by atoms with E-state index in [-0.39, 0.29) is 13.2 Å². The fourth-order valence-corrected chi connectivity index (χ4v) is 3.55. The zero-order valence-electron chi connectivity index (χ0n) is 19.0. The average molecular weight is 420 g/mol. The Morgan fingerprint density at radius 3 is 1.75 bits per heavy atom. The highest BCUT2D eigenvalue weighted by Gasteiger charge is 2.12. The molecule has 168 valence electrons. The van der Waals surface area contributed by atoms with Gasteiger partial charge in [0.15, 0.2) is 0 Å². The number of likely N-dealkylation sites (N-methyl/N-ethyl adjacent to an activating group) is 1. The van der Waals surface area contributed by atoms with E-state index in [0.29, 0.717) is 11.0 Å². The van der Waals surface area contributed by atoms with E-state index in [2.05, 4.69) is 19.1 Å². The van der Waals surface area contributed by atoms with Crippen molar-refractivity contribution in [2.45, 2.75) is 90.4 Å². The molecule has 0 rings (SSSR count).